The molecule has 37 heavy (non-hydrogen) atoms. The third-order valence-electron chi connectivity index (χ3n) is 7.15. The van der Waals surface area contributed by atoms with E-state index in [2.05, 4.69) is 26.8 Å². The van der Waals surface area contributed by atoms with Gasteiger partial charge in [0.2, 0.25) is 0 Å². The molecule has 2 N–H and O–H groups in total. The van der Waals surface area contributed by atoms with Crippen LogP contribution in [0.15, 0.2) is 30.6 Å². The monoisotopic (exact) mass is 531 g/mol. The first-order chi connectivity index (χ1) is 17.7. The predicted octanol–water partition coefficient (Wildman–Crippen LogP) is 6.35. The van der Waals surface area contributed by atoms with Gasteiger partial charge in [0.05, 0.1) is 10.4 Å². The van der Waals surface area contributed by atoms with Crippen LogP contribution in [0.1, 0.15) is 50.4 Å². The summed E-state index contributed by atoms with van der Waals surface area (Å²) in [7, 11) is 0. The highest BCUT2D eigenvalue weighted by molar-refractivity contribution is 6.32. The first kappa shape index (κ1) is 25.6. The van der Waals surface area contributed by atoms with E-state index >= 15 is 13.2 Å². The Bertz CT molecular complexity index is 1370. The fourth-order valence-electron chi connectivity index (χ4n) is 5.27. The van der Waals surface area contributed by atoms with Crippen molar-refractivity contribution in [3.63, 3.8) is 0 Å². The first-order valence-electron chi connectivity index (χ1n) is 12.6. The molecule has 3 aromatic rings. The molecule has 2 aromatic heterocycles. The molecule has 6 rings (SSSR count). The number of nitrogens with zero attached hydrogens (tertiary/aromatic N) is 4. The Hall–Kier alpha value is -3.07. The summed E-state index contributed by atoms with van der Waals surface area (Å²) in [5.41, 5.74) is -0.443. The Morgan fingerprint density at radius 2 is 2.08 bits per heavy atom. The third-order valence-corrected chi connectivity index (χ3v) is 7.45. The number of rotatable bonds is 1. The summed E-state index contributed by atoms with van der Waals surface area (Å²) >= 11 is 6.24. The maximum atomic E-state index is 16.1. The molecule has 1 unspecified atom stereocenters. The summed E-state index contributed by atoms with van der Waals surface area (Å²) in [5, 5.41) is 13.6. The summed E-state index contributed by atoms with van der Waals surface area (Å²) in [5.74, 6) is -3.27. The van der Waals surface area contributed by atoms with Gasteiger partial charge in [0.1, 0.15) is 28.6 Å². The molecule has 0 saturated carbocycles. The molecule has 6 nitrogen and oxygen atoms in total. The van der Waals surface area contributed by atoms with E-state index in [1.165, 1.54) is 6.20 Å². The van der Waals surface area contributed by atoms with Gasteiger partial charge in [0.25, 0.3) is 5.92 Å². The van der Waals surface area contributed by atoms with Gasteiger partial charge in [-0.25, -0.2) is 23.1 Å². The maximum absolute atomic E-state index is 16.1. The van der Waals surface area contributed by atoms with E-state index in [4.69, 9.17) is 16.6 Å². The van der Waals surface area contributed by atoms with Gasteiger partial charge < -0.3 is 15.3 Å². The summed E-state index contributed by atoms with van der Waals surface area (Å²) in [4.78, 5) is 15.5. The molecule has 1 saturated heterocycles. The van der Waals surface area contributed by atoms with Gasteiger partial charge in [-0.1, -0.05) is 25.1 Å². The van der Waals surface area contributed by atoms with E-state index in [0.717, 1.165) is 31.5 Å². The second kappa shape index (κ2) is 10.0. The standard InChI is InChI=1S/C27H29ClF3N5O/c1-3-21-34-25-19-13-33-24(23(25)29)18-10-17(37)11-20(28)22(18)27(30,31)8-4-6-15(2)32-12-16-7-5-9-36(14-16)26(19)35-21/h10-11,13,16,32,37H,2-9,12,14H2,1H3. The van der Waals surface area contributed by atoms with Gasteiger partial charge in [0.15, 0.2) is 5.82 Å². The number of benzene rings is 1. The molecule has 1 atom stereocenters. The number of aromatic nitrogens is 3. The van der Waals surface area contributed by atoms with Crippen molar-refractivity contribution in [1.29, 1.82) is 0 Å². The average Bonchev–Trinajstić information content (AvgIpc) is 2.86. The van der Waals surface area contributed by atoms with E-state index in [1.807, 2.05) is 6.92 Å². The predicted molar refractivity (Wildman–Crippen MR) is 139 cm³/mol. The Balaban J connectivity index is 1.76. The molecular formula is C27H29ClF3N5O. The minimum Gasteiger partial charge on any atom is -0.508 e. The number of fused-ring (bicyclic) bond motifs is 7. The van der Waals surface area contributed by atoms with Gasteiger partial charge in [-0.15, -0.1) is 0 Å². The number of aromatic hydroxyl groups is 1. The molecule has 5 heterocycles. The van der Waals surface area contributed by atoms with Gasteiger partial charge in [-0.3, -0.25) is 4.98 Å². The van der Waals surface area contributed by atoms with Crippen molar-refractivity contribution in [2.75, 3.05) is 24.5 Å². The molecule has 3 aliphatic heterocycles. The van der Waals surface area contributed by atoms with E-state index in [1.54, 1.807) is 0 Å². The van der Waals surface area contributed by atoms with Crippen LogP contribution in [-0.4, -0.2) is 39.7 Å². The maximum Gasteiger partial charge on any atom is 0.275 e. The van der Waals surface area contributed by atoms with Gasteiger partial charge in [0, 0.05) is 55.5 Å². The molecule has 10 heteroatoms. The van der Waals surface area contributed by atoms with Crippen molar-refractivity contribution in [3.8, 4) is 17.0 Å². The fourth-order valence-corrected chi connectivity index (χ4v) is 5.63. The number of anilines is 1. The van der Waals surface area contributed by atoms with Crippen LogP contribution in [0.25, 0.3) is 22.2 Å². The largest absolute Gasteiger partial charge is 0.508 e. The van der Waals surface area contributed by atoms with Crippen LogP contribution >= 0.6 is 11.6 Å². The normalized spacial score (nSPS) is 20.1. The number of phenols is 1. The quantitative estimate of drug-likeness (QED) is 0.381. The molecule has 1 aromatic carbocycles. The molecule has 0 aliphatic carbocycles. The van der Waals surface area contributed by atoms with Crippen LogP contribution in [0.3, 0.4) is 0 Å². The van der Waals surface area contributed by atoms with Crippen molar-refractivity contribution < 1.29 is 18.3 Å². The molecule has 0 spiro atoms. The lowest BCUT2D eigenvalue weighted by Gasteiger charge is -2.34. The number of allylic oxidation sites excluding steroid dienone is 1. The Labute approximate surface area is 218 Å². The minimum atomic E-state index is -3.40. The number of piperidine rings is 1. The van der Waals surface area contributed by atoms with E-state index in [0.29, 0.717) is 54.6 Å². The Kier molecular flexibility index (Phi) is 6.91. The number of hydrogen-bond donors (Lipinski definition) is 2. The topological polar surface area (TPSA) is 74.2 Å². The van der Waals surface area contributed by atoms with Crippen molar-refractivity contribution in [3.05, 3.63) is 52.8 Å². The van der Waals surface area contributed by atoms with Crippen LogP contribution in [0, 0.1) is 11.7 Å². The lowest BCUT2D eigenvalue weighted by molar-refractivity contribution is -0.0145. The molecule has 0 amide bonds. The molecule has 196 valence electrons. The molecule has 0 radical (unpaired) electrons. The highest BCUT2D eigenvalue weighted by Gasteiger charge is 2.38. The highest BCUT2D eigenvalue weighted by atomic mass is 35.5. The summed E-state index contributed by atoms with van der Waals surface area (Å²) in [6, 6.07) is 2.12. The van der Waals surface area contributed by atoms with Crippen LogP contribution < -0.4 is 10.2 Å². The first-order valence-corrected chi connectivity index (χ1v) is 13.0. The number of halogens is 4. The van der Waals surface area contributed by atoms with Gasteiger partial charge in [-0.05, 0) is 43.7 Å². The van der Waals surface area contributed by atoms with Crippen LogP contribution in [-0.2, 0) is 12.3 Å². The van der Waals surface area contributed by atoms with Gasteiger partial charge >= 0.3 is 0 Å². The van der Waals surface area contributed by atoms with Crippen molar-refractivity contribution in [2.45, 2.75) is 51.4 Å². The molecule has 3 aliphatic rings. The number of phenolic OH excluding ortho intramolecular Hbond substituents is 1. The van der Waals surface area contributed by atoms with Gasteiger partial charge in [-0.2, -0.15) is 0 Å². The highest BCUT2D eigenvalue weighted by Crippen LogP contribution is 2.46. The zero-order valence-electron chi connectivity index (χ0n) is 20.6. The second-order valence-electron chi connectivity index (χ2n) is 9.85. The molecular weight excluding hydrogens is 503 g/mol. The van der Waals surface area contributed by atoms with Crippen molar-refractivity contribution in [1.82, 2.24) is 20.3 Å². The number of pyridine rings is 1. The second-order valence-corrected chi connectivity index (χ2v) is 10.3. The van der Waals surface area contributed by atoms with E-state index in [9.17, 15) is 5.11 Å². The zero-order valence-corrected chi connectivity index (χ0v) is 21.4. The number of aryl methyl sites for hydroxylation is 1. The zero-order chi connectivity index (χ0) is 26.3. The van der Waals surface area contributed by atoms with E-state index in [-0.39, 0.29) is 34.0 Å². The Morgan fingerprint density at radius 1 is 1.27 bits per heavy atom. The molecule has 6 bridgehead atoms. The lowest BCUT2D eigenvalue weighted by atomic mass is 9.94. The summed E-state index contributed by atoms with van der Waals surface area (Å²) < 4.78 is 47.4. The van der Waals surface area contributed by atoms with Crippen molar-refractivity contribution >= 4 is 28.3 Å². The minimum absolute atomic E-state index is 0.0125. The van der Waals surface area contributed by atoms with E-state index < -0.39 is 23.7 Å². The number of nitrogens with one attached hydrogen (secondary N) is 1. The summed E-state index contributed by atoms with van der Waals surface area (Å²) in [6.07, 6.45) is 3.84. The number of alkyl halides is 2. The fraction of sp³-hybridized carbons (Fsp3) is 0.444. The van der Waals surface area contributed by atoms with Crippen LogP contribution in [0.2, 0.25) is 5.02 Å². The Morgan fingerprint density at radius 3 is 2.86 bits per heavy atom. The number of hydrogen-bond acceptors (Lipinski definition) is 6. The third kappa shape index (κ3) is 4.93. The van der Waals surface area contributed by atoms with Crippen LogP contribution in [0.5, 0.6) is 5.75 Å². The smallest absolute Gasteiger partial charge is 0.275 e. The van der Waals surface area contributed by atoms with Crippen LogP contribution in [0.4, 0.5) is 19.0 Å². The average molecular weight is 532 g/mol. The molecule has 1 fully saturated rings. The summed E-state index contributed by atoms with van der Waals surface area (Å²) in [6.45, 7) is 8.04. The lowest BCUT2D eigenvalue weighted by Crippen LogP contribution is -2.40. The van der Waals surface area contributed by atoms with Crippen molar-refractivity contribution in [2.24, 2.45) is 5.92 Å². The SMILES string of the molecule is C=C1CCCC(F)(F)c2c(Cl)cc(O)cc2-c2ncc3c(nc(CC)nc3c2F)N2CCCC(CN1)C2.